The average Bonchev–Trinajstić information content (AvgIpc) is 2.40. The van der Waals surface area contributed by atoms with Crippen LogP contribution in [0, 0.1) is 0 Å². The monoisotopic (exact) mass is 261 g/mol. The van der Waals surface area contributed by atoms with Crippen LogP contribution in [0.25, 0.3) is 0 Å². The summed E-state index contributed by atoms with van der Waals surface area (Å²) in [5.74, 6) is 0.844. The maximum absolute atomic E-state index is 9.40. The first kappa shape index (κ1) is 12.9. The van der Waals surface area contributed by atoms with Gasteiger partial charge in [-0.3, -0.25) is 0 Å². The third-order valence-corrected chi connectivity index (χ3v) is 3.48. The van der Waals surface area contributed by atoms with E-state index in [4.69, 9.17) is 4.74 Å². The molecule has 94 valence electrons. The summed E-state index contributed by atoms with van der Waals surface area (Å²) in [6.45, 7) is 1.73. The van der Waals surface area contributed by atoms with E-state index >= 15 is 0 Å². The van der Waals surface area contributed by atoms with Gasteiger partial charge >= 0.3 is 0 Å². The third kappa shape index (κ3) is 3.24. The second kappa shape index (κ2) is 5.89. The molecule has 0 aliphatic carbocycles. The van der Waals surface area contributed by atoms with Gasteiger partial charge in [-0.1, -0.05) is 17.8 Å². The average molecular weight is 261 g/mol. The topological polar surface area (TPSA) is 42.4 Å². The predicted molar refractivity (Wildman–Crippen MR) is 72.0 cm³/mol. The minimum Gasteiger partial charge on any atom is -0.497 e. The smallest absolute Gasteiger partial charge is 0.118 e. The molecule has 4 heteroatoms. The molecule has 0 bridgehead atoms. The first-order valence-corrected chi connectivity index (χ1v) is 6.46. The van der Waals surface area contributed by atoms with Crippen LogP contribution in [0.2, 0.25) is 0 Å². The Balaban J connectivity index is 2.08. The van der Waals surface area contributed by atoms with Crippen molar-refractivity contribution in [1.82, 2.24) is 4.98 Å². The summed E-state index contributed by atoms with van der Waals surface area (Å²) in [5, 5.41) is 10.3. The number of hydrogen-bond donors (Lipinski definition) is 1. The number of methoxy groups -OCH3 is 1. The highest BCUT2D eigenvalue weighted by atomic mass is 32.2. The molecule has 1 heterocycles. The van der Waals surface area contributed by atoms with E-state index in [1.165, 1.54) is 0 Å². The number of benzene rings is 1. The van der Waals surface area contributed by atoms with Crippen LogP contribution in [-0.4, -0.2) is 17.2 Å². The Bertz CT molecular complexity index is 494. The van der Waals surface area contributed by atoms with Crippen LogP contribution in [0.5, 0.6) is 5.75 Å². The number of ether oxygens (including phenoxy) is 1. The molecule has 0 unspecified atom stereocenters. The summed E-state index contributed by atoms with van der Waals surface area (Å²) in [6.07, 6.45) is 1.23. The molecule has 2 aromatic rings. The van der Waals surface area contributed by atoms with Gasteiger partial charge < -0.3 is 9.84 Å². The highest BCUT2D eigenvalue weighted by molar-refractivity contribution is 7.99. The molecule has 0 spiro atoms. The van der Waals surface area contributed by atoms with Crippen LogP contribution in [0.15, 0.2) is 52.5 Å². The lowest BCUT2D eigenvalue weighted by atomic mass is 10.2. The fourth-order valence-electron chi connectivity index (χ4n) is 1.46. The third-order valence-electron chi connectivity index (χ3n) is 2.52. The number of aliphatic hydroxyl groups is 1. The summed E-state index contributed by atoms with van der Waals surface area (Å²) < 4.78 is 5.11. The molecule has 0 amide bonds. The van der Waals surface area contributed by atoms with Crippen molar-refractivity contribution in [3.8, 4) is 5.75 Å². The fourth-order valence-corrected chi connectivity index (χ4v) is 2.22. The Hall–Kier alpha value is -1.52. The van der Waals surface area contributed by atoms with Crippen molar-refractivity contribution in [3.63, 3.8) is 0 Å². The summed E-state index contributed by atoms with van der Waals surface area (Å²) in [4.78, 5) is 5.41. The molecule has 0 aliphatic rings. The molecule has 2 rings (SSSR count). The van der Waals surface area contributed by atoms with E-state index in [1.54, 1.807) is 32.0 Å². The highest BCUT2D eigenvalue weighted by Crippen LogP contribution is 2.28. The standard InChI is InChI=1S/C14H15NO2S/c1-10(16)11-3-8-14(15-9-11)18-13-6-4-12(17-2)5-7-13/h3-10,16H,1-2H3/t10-/m1/s1. The Labute approximate surface area is 111 Å². The number of pyridine rings is 1. The van der Waals surface area contributed by atoms with Crippen LogP contribution >= 0.6 is 11.8 Å². The molecule has 18 heavy (non-hydrogen) atoms. The summed E-state index contributed by atoms with van der Waals surface area (Å²) in [7, 11) is 1.65. The molecule has 0 radical (unpaired) electrons. The summed E-state index contributed by atoms with van der Waals surface area (Å²) in [5.41, 5.74) is 0.828. The highest BCUT2D eigenvalue weighted by Gasteiger charge is 2.03. The van der Waals surface area contributed by atoms with Crippen molar-refractivity contribution in [1.29, 1.82) is 0 Å². The van der Waals surface area contributed by atoms with Gasteiger partial charge in [0.1, 0.15) is 10.8 Å². The molecule has 3 nitrogen and oxygen atoms in total. The van der Waals surface area contributed by atoms with Gasteiger partial charge in [-0.15, -0.1) is 0 Å². The van der Waals surface area contributed by atoms with Gasteiger partial charge in [0.2, 0.25) is 0 Å². The molecule has 1 aromatic carbocycles. The van der Waals surface area contributed by atoms with Gasteiger partial charge in [-0.2, -0.15) is 0 Å². The Morgan fingerprint density at radius 2 is 1.89 bits per heavy atom. The molecular weight excluding hydrogens is 246 g/mol. The van der Waals surface area contributed by atoms with Crippen LogP contribution in [0.3, 0.4) is 0 Å². The number of nitrogens with zero attached hydrogens (tertiary/aromatic N) is 1. The minimum atomic E-state index is -0.475. The SMILES string of the molecule is COc1ccc(Sc2ccc([C@@H](C)O)cn2)cc1. The second-order valence-electron chi connectivity index (χ2n) is 3.88. The maximum atomic E-state index is 9.40. The van der Waals surface area contributed by atoms with Crippen LogP contribution in [0.1, 0.15) is 18.6 Å². The van der Waals surface area contributed by atoms with Crippen molar-refractivity contribution < 1.29 is 9.84 Å². The first-order chi connectivity index (χ1) is 8.69. The molecule has 1 N–H and O–H groups in total. The normalized spacial score (nSPS) is 12.2. The minimum absolute atomic E-state index is 0.475. The van der Waals surface area contributed by atoms with Gasteiger partial charge in [0.05, 0.1) is 13.2 Å². The summed E-state index contributed by atoms with van der Waals surface area (Å²) >= 11 is 1.58. The molecule has 0 aliphatic heterocycles. The van der Waals surface area contributed by atoms with E-state index < -0.39 is 6.10 Å². The Morgan fingerprint density at radius 3 is 2.39 bits per heavy atom. The van der Waals surface area contributed by atoms with Crippen molar-refractivity contribution in [3.05, 3.63) is 48.2 Å². The van der Waals surface area contributed by atoms with Crippen molar-refractivity contribution >= 4 is 11.8 Å². The van der Waals surface area contributed by atoms with E-state index in [2.05, 4.69) is 4.98 Å². The van der Waals surface area contributed by atoms with Gasteiger partial charge in [-0.25, -0.2) is 4.98 Å². The largest absolute Gasteiger partial charge is 0.497 e. The van der Waals surface area contributed by atoms with E-state index in [0.717, 1.165) is 21.2 Å². The molecule has 1 atom stereocenters. The number of aromatic nitrogens is 1. The van der Waals surface area contributed by atoms with E-state index in [9.17, 15) is 5.11 Å². The van der Waals surface area contributed by atoms with E-state index in [0.29, 0.717) is 0 Å². The van der Waals surface area contributed by atoms with Crippen molar-refractivity contribution in [2.45, 2.75) is 22.9 Å². The molecular formula is C14H15NO2S. The zero-order valence-electron chi connectivity index (χ0n) is 10.3. The number of hydrogen-bond acceptors (Lipinski definition) is 4. The maximum Gasteiger partial charge on any atom is 0.118 e. The lowest BCUT2D eigenvalue weighted by Crippen LogP contribution is -1.92. The van der Waals surface area contributed by atoms with Crippen LogP contribution in [-0.2, 0) is 0 Å². The molecule has 0 saturated heterocycles. The van der Waals surface area contributed by atoms with Crippen molar-refractivity contribution in [2.75, 3.05) is 7.11 Å². The molecule has 0 fully saturated rings. The number of rotatable bonds is 4. The Kier molecular flexibility index (Phi) is 4.23. The van der Waals surface area contributed by atoms with Crippen molar-refractivity contribution in [2.24, 2.45) is 0 Å². The van der Waals surface area contributed by atoms with Crippen LogP contribution < -0.4 is 4.74 Å². The fraction of sp³-hybridized carbons (Fsp3) is 0.214. The Morgan fingerprint density at radius 1 is 1.17 bits per heavy atom. The molecule has 0 saturated carbocycles. The quantitative estimate of drug-likeness (QED) is 0.917. The zero-order valence-corrected chi connectivity index (χ0v) is 11.1. The van der Waals surface area contributed by atoms with E-state index in [-0.39, 0.29) is 0 Å². The lowest BCUT2D eigenvalue weighted by molar-refractivity contribution is 0.198. The van der Waals surface area contributed by atoms with Gasteiger partial charge in [-0.05, 0) is 42.8 Å². The predicted octanol–water partition coefficient (Wildman–Crippen LogP) is 3.29. The zero-order chi connectivity index (χ0) is 13.0. The number of aliphatic hydroxyl groups excluding tert-OH is 1. The first-order valence-electron chi connectivity index (χ1n) is 5.65. The molecule has 1 aromatic heterocycles. The van der Waals surface area contributed by atoms with Crippen LogP contribution in [0.4, 0.5) is 0 Å². The summed E-state index contributed by atoms with van der Waals surface area (Å²) in [6, 6.07) is 11.6. The van der Waals surface area contributed by atoms with Gasteiger partial charge in [0.25, 0.3) is 0 Å². The van der Waals surface area contributed by atoms with E-state index in [1.807, 2.05) is 36.4 Å². The lowest BCUT2D eigenvalue weighted by Gasteiger charge is -2.06. The van der Waals surface area contributed by atoms with Gasteiger partial charge in [0.15, 0.2) is 0 Å². The second-order valence-corrected chi connectivity index (χ2v) is 4.98. The van der Waals surface area contributed by atoms with Gasteiger partial charge in [0, 0.05) is 11.1 Å².